The summed E-state index contributed by atoms with van der Waals surface area (Å²) in [6, 6.07) is 12.0. The fourth-order valence-corrected chi connectivity index (χ4v) is 5.16. The summed E-state index contributed by atoms with van der Waals surface area (Å²) in [5.41, 5.74) is 1.99. The molecule has 194 valence electrons. The number of allylic oxidation sites excluding steroid dienone is 1. The standard InChI is InChI=1S/C28H30N2O7/c1-2-3-8-24(32)30(15-17-9-10-22-23(13-17)36-16-35-22)20-14-19(28(34)29-11-12-31)25-18-6-4-5-7-21(18)37-27(25)26(20)33/h2,4-7,9-10,13-14,20,25-27,31,33H,1,3,8,11-12,15-16H2,(H,29,34)/t20-,25+,26+,27+/m1/s1. The summed E-state index contributed by atoms with van der Waals surface area (Å²) in [6.45, 7) is 3.92. The predicted octanol–water partition coefficient (Wildman–Crippen LogP) is 2.03. The van der Waals surface area contributed by atoms with Crippen LogP contribution in [0.15, 0.2) is 66.8 Å². The second-order valence-corrected chi connectivity index (χ2v) is 9.22. The third kappa shape index (κ3) is 4.80. The summed E-state index contributed by atoms with van der Waals surface area (Å²) in [4.78, 5) is 28.3. The lowest BCUT2D eigenvalue weighted by Gasteiger charge is -2.41. The Morgan fingerprint density at radius 1 is 1.14 bits per heavy atom. The number of nitrogens with one attached hydrogen (secondary N) is 1. The molecule has 0 bridgehead atoms. The van der Waals surface area contributed by atoms with Crippen molar-refractivity contribution in [2.45, 2.75) is 43.6 Å². The summed E-state index contributed by atoms with van der Waals surface area (Å²) < 4.78 is 17.0. The van der Waals surface area contributed by atoms with E-state index in [4.69, 9.17) is 14.2 Å². The second-order valence-electron chi connectivity index (χ2n) is 9.22. The molecular weight excluding hydrogens is 476 g/mol. The molecule has 0 radical (unpaired) electrons. The summed E-state index contributed by atoms with van der Waals surface area (Å²) in [5.74, 6) is 0.753. The normalized spacial score (nSPS) is 22.8. The third-order valence-corrected chi connectivity index (χ3v) is 6.91. The first kappa shape index (κ1) is 24.9. The van der Waals surface area contributed by atoms with Gasteiger partial charge in [0.05, 0.1) is 18.6 Å². The molecule has 9 nitrogen and oxygen atoms in total. The molecule has 2 aromatic carbocycles. The Kier molecular flexibility index (Phi) is 7.16. The molecule has 3 aliphatic rings. The maximum Gasteiger partial charge on any atom is 0.247 e. The fourth-order valence-electron chi connectivity index (χ4n) is 5.16. The number of rotatable bonds is 9. The number of hydrogen-bond donors (Lipinski definition) is 3. The van der Waals surface area contributed by atoms with Gasteiger partial charge in [-0.15, -0.1) is 6.58 Å². The molecule has 2 aliphatic heterocycles. The molecule has 3 N–H and O–H groups in total. The molecule has 0 saturated heterocycles. The Morgan fingerprint density at radius 3 is 2.76 bits per heavy atom. The Hall–Kier alpha value is -3.82. The number of ether oxygens (including phenoxy) is 3. The van der Waals surface area contributed by atoms with Gasteiger partial charge in [-0.3, -0.25) is 9.59 Å². The highest BCUT2D eigenvalue weighted by molar-refractivity contribution is 5.96. The predicted molar refractivity (Wildman–Crippen MR) is 134 cm³/mol. The van der Waals surface area contributed by atoms with Gasteiger partial charge < -0.3 is 34.6 Å². The van der Waals surface area contributed by atoms with Gasteiger partial charge in [-0.1, -0.05) is 30.3 Å². The maximum atomic E-state index is 13.5. The first-order valence-electron chi connectivity index (χ1n) is 12.3. The van der Waals surface area contributed by atoms with Crippen LogP contribution in [-0.4, -0.2) is 65.1 Å². The molecule has 0 aromatic heterocycles. The van der Waals surface area contributed by atoms with Gasteiger partial charge >= 0.3 is 0 Å². The molecule has 2 amide bonds. The number of carbonyl (C=O) groups is 2. The lowest BCUT2D eigenvalue weighted by atomic mass is 9.77. The number of para-hydroxylation sites is 1. The van der Waals surface area contributed by atoms with Gasteiger partial charge in [0.1, 0.15) is 18.0 Å². The number of hydrogen-bond acceptors (Lipinski definition) is 7. The molecule has 0 unspecified atom stereocenters. The summed E-state index contributed by atoms with van der Waals surface area (Å²) >= 11 is 0. The molecule has 2 aromatic rings. The zero-order valence-corrected chi connectivity index (χ0v) is 20.3. The van der Waals surface area contributed by atoms with Crippen LogP contribution in [0.5, 0.6) is 17.2 Å². The monoisotopic (exact) mass is 506 g/mol. The Labute approximate surface area is 214 Å². The van der Waals surface area contributed by atoms with Crippen molar-refractivity contribution in [2.75, 3.05) is 19.9 Å². The number of aliphatic hydroxyl groups is 2. The van der Waals surface area contributed by atoms with Gasteiger partial charge in [-0.25, -0.2) is 0 Å². The lowest BCUT2D eigenvalue weighted by Crippen LogP contribution is -2.55. The van der Waals surface area contributed by atoms with Crippen LogP contribution < -0.4 is 19.5 Å². The topological polar surface area (TPSA) is 118 Å². The van der Waals surface area contributed by atoms with Gasteiger partial charge in [0, 0.05) is 30.6 Å². The highest BCUT2D eigenvalue weighted by atomic mass is 16.7. The number of carbonyl (C=O) groups excluding carboxylic acids is 2. The summed E-state index contributed by atoms with van der Waals surface area (Å²) in [5, 5.41) is 23.5. The summed E-state index contributed by atoms with van der Waals surface area (Å²) in [6.07, 6.45) is 2.17. The highest BCUT2D eigenvalue weighted by Gasteiger charge is 2.50. The van der Waals surface area contributed by atoms with Crippen LogP contribution in [0.2, 0.25) is 0 Å². The minimum atomic E-state index is -1.09. The van der Waals surface area contributed by atoms with E-state index in [1.54, 1.807) is 29.2 Å². The molecule has 0 saturated carbocycles. The van der Waals surface area contributed by atoms with Crippen LogP contribution in [0, 0.1) is 0 Å². The fraction of sp³-hybridized carbons (Fsp3) is 0.357. The van der Waals surface area contributed by atoms with Gasteiger partial charge in [-0.05, 0) is 36.3 Å². The smallest absolute Gasteiger partial charge is 0.247 e. The largest absolute Gasteiger partial charge is 0.486 e. The number of benzene rings is 2. The molecule has 9 heteroatoms. The molecule has 0 fully saturated rings. The van der Waals surface area contributed by atoms with Crippen molar-refractivity contribution in [1.29, 1.82) is 0 Å². The van der Waals surface area contributed by atoms with Crippen LogP contribution in [0.1, 0.15) is 29.9 Å². The number of aliphatic hydroxyl groups excluding tert-OH is 2. The molecule has 4 atom stereocenters. The average molecular weight is 507 g/mol. The SMILES string of the molecule is C=CCCC(=O)N(Cc1ccc2c(c1)OCO2)[C@@H]1C=C(C(=O)NCCO)[C@@H]2c3ccccc3O[C@@H]2[C@H]1O. The maximum absolute atomic E-state index is 13.5. The van der Waals surface area contributed by atoms with Crippen LogP contribution >= 0.6 is 0 Å². The van der Waals surface area contributed by atoms with E-state index in [1.165, 1.54) is 0 Å². The zero-order valence-electron chi connectivity index (χ0n) is 20.3. The molecule has 2 heterocycles. The lowest BCUT2D eigenvalue weighted by molar-refractivity contribution is -0.138. The van der Waals surface area contributed by atoms with E-state index in [0.717, 1.165) is 11.1 Å². The van der Waals surface area contributed by atoms with E-state index in [0.29, 0.717) is 29.2 Å². The van der Waals surface area contributed by atoms with E-state index >= 15 is 0 Å². The molecule has 0 spiro atoms. The number of amides is 2. The molecule has 1 aliphatic carbocycles. The third-order valence-electron chi connectivity index (χ3n) is 6.91. The van der Waals surface area contributed by atoms with Crippen LogP contribution in [0.3, 0.4) is 0 Å². The van der Waals surface area contributed by atoms with E-state index < -0.39 is 24.2 Å². The average Bonchev–Trinajstić information content (AvgIpc) is 3.54. The number of fused-ring (bicyclic) bond motifs is 4. The van der Waals surface area contributed by atoms with Gasteiger partial charge in [0.25, 0.3) is 0 Å². The minimum absolute atomic E-state index is 0.0858. The van der Waals surface area contributed by atoms with Crippen LogP contribution in [-0.2, 0) is 16.1 Å². The van der Waals surface area contributed by atoms with Gasteiger partial charge in [0.15, 0.2) is 11.5 Å². The van der Waals surface area contributed by atoms with E-state index in [1.807, 2.05) is 30.3 Å². The van der Waals surface area contributed by atoms with Crippen molar-refractivity contribution in [1.82, 2.24) is 10.2 Å². The van der Waals surface area contributed by atoms with E-state index in [9.17, 15) is 19.8 Å². The second kappa shape index (κ2) is 10.7. The molecule has 37 heavy (non-hydrogen) atoms. The highest BCUT2D eigenvalue weighted by Crippen LogP contribution is 2.47. The van der Waals surface area contributed by atoms with Crippen molar-refractivity contribution in [3.63, 3.8) is 0 Å². The van der Waals surface area contributed by atoms with Crippen molar-refractivity contribution in [3.8, 4) is 17.2 Å². The van der Waals surface area contributed by atoms with Crippen molar-refractivity contribution in [2.24, 2.45) is 0 Å². The van der Waals surface area contributed by atoms with Crippen LogP contribution in [0.25, 0.3) is 0 Å². The van der Waals surface area contributed by atoms with Gasteiger partial charge in [0.2, 0.25) is 18.6 Å². The Bertz CT molecular complexity index is 1230. The Morgan fingerprint density at radius 2 is 1.95 bits per heavy atom. The zero-order chi connectivity index (χ0) is 25.9. The van der Waals surface area contributed by atoms with Crippen molar-refractivity contribution >= 4 is 11.8 Å². The Balaban J connectivity index is 1.53. The van der Waals surface area contributed by atoms with E-state index in [-0.39, 0.29) is 44.7 Å². The van der Waals surface area contributed by atoms with Crippen molar-refractivity contribution < 1.29 is 34.0 Å². The first-order chi connectivity index (χ1) is 18.0. The first-order valence-corrected chi connectivity index (χ1v) is 12.3. The van der Waals surface area contributed by atoms with Gasteiger partial charge in [-0.2, -0.15) is 0 Å². The van der Waals surface area contributed by atoms with E-state index in [2.05, 4.69) is 11.9 Å². The van der Waals surface area contributed by atoms with Crippen LogP contribution in [0.4, 0.5) is 0 Å². The molecule has 5 rings (SSSR count). The molecular formula is C28H30N2O7. The minimum Gasteiger partial charge on any atom is -0.486 e. The number of nitrogens with zero attached hydrogens (tertiary/aromatic N) is 1. The van der Waals surface area contributed by atoms with Crippen molar-refractivity contribution in [3.05, 3.63) is 77.9 Å². The quantitative estimate of drug-likeness (QED) is 0.446. The summed E-state index contributed by atoms with van der Waals surface area (Å²) in [7, 11) is 0.